The first-order chi connectivity index (χ1) is 8.13. The molecular formula is C13H17NO3. The molecule has 1 saturated heterocycles. The molecule has 1 aliphatic rings. The first-order valence-corrected chi connectivity index (χ1v) is 5.73. The fraction of sp³-hybridized carbons (Fsp3) is 0.462. The molecule has 1 fully saturated rings. The number of hydrogen-bond acceptors (Lipinski definition) is 3. The maximum atomic E-state index is 10.8. The van der Waals surface area contributed by atoms with Crippen molar-refractivity contribution in [1.82, 2.24) is 4.90 Å². The molecule has 1 N–H and O–H groups in total. The lowest BCUT2D eigenvalue weighted by Crippen LogP contribution is -2.51. The average molecular weight is 235 g/mol. The number of benzene rings is 1. The molecule has 1 aliphatic heterocycles. The van der Waals surface area contributed by atoms with Crippen LogP contribution in [0.15, 0.2) is 24.3 Å². The lowest BCUT2D eigenvalue weighted by atomic mass is 9.95. The molecule has 1 aromatic rings. The highest BCUT2D eigenvalue weighted by Gasteiger charge is 2.36. The van der Waals surface area contributed by atoms with Gasteiger partial charge in [0, 0.05) is 24.7 Å². The highest BCUT2D eigenvalue weighted by Crippen LogP contribution is 2.33. The number of nitrogens with zero attached hydrogens (tertiary/aromatic N) is 1. The third-order valence-electron chi connectivity index (χ3n) is 3.40. The van der Waals surface area contributed by atoms with E-state index in [1.807, 2.05) is 24.3 Å². The van der Waals surface area contributed by atoms with Crippen molar-refractivity contribution in [2.24, 2.45) is 5.92 Å². The van der Waals surface area contributed by atoms with Crippen LogP contribution in [0.25, 0.3) is 0 Å². The van der Waals surface area contributed by atoms with Gasteiger partial charge >= 0.3 is 5.97 Å². The van der Waals surface area contributed by atoms with Gasteiger partial charge in [0.25, 0.3) is 0 Å². The quantitative estimate of drug-likeness (QED) is 0.864. The maximum absolute atomic E-state index is 10.8. The van der Waals surface area contributed by atoms with Gasteiger partial charge in [-0.2, -0.15) is 0 Å². The number of carboxylic acids is 1. The van der Waals surface area contributed by atoms with Crippen LogP contribution in [0, 0.1) is 5.92 Å². The van der Waals surface area contributed by atoms with E-state index in [1.54, 1.807) is 7.11 Å². The number of rotatable bonds is 4. The van der Waals surface area contributed by atoms with Gasteiger partial charge in [-0.25, -0.2) is 0 Å². The van der Waals surface area contributed by atoms with Gasteiger partial charge in [0.05, 0.1) is 13.0 Å². The summed E-state index contributed by atoms with van der Waals surface area (Å²) < 4.78 is 5.32. The number of aliphatic carboxylic acids is 1. The van der Waals surface area contributed by atoms with Gasteiger partial charge in [0.1, 0.15) is 5.75 Å². The monoisotopic (exact) mass is 235 g/mol. The van der Waals surface area contributed by atoms with Gasteiger partial charge in [-0.1, -0.05) is 18.2 Å². The first kappa shape index (κ1) is 11.9. The van der Waals surface area contributed by atoms with Crippen molar-refractivity contribution >= 4 is 5.97 Å². The molecule has 0 spiro atoms. The molecular weight excluding hydrogens is 218 g/mol. The molecule has 0 amide bonds. The Bertz CT molecular complexity index is 413. The van der Waals surface area contributed by atoms with Crippen molar-refractivity contribution in [1.29, 1.82) is 0 Å². The Morgan fingerprint density at radius 3 is 2.71 bits per heavy atom. The average Bonchev–Trinajstić information content (AvgIpc) is 2.26. The van der Waals surface area contributed by atoms with Crippen molar-refractivity contribution in [3.63, 3.8) is 0 Å². The normalized spacial score (nSPS) is 18.5. The predicted molar refractivity (Wildman–Crippen MR) is 64.1 cm³/mol. The molecule has 0 saturated carbocycles. The van der Waals surface area contributed by atoms with E-state index in [4.69, 9.17) is 9.84 Å². The molecule has 92 valence electrons. The van der Waals surface area contributed by atoms with E-state index in [0.717, 1.165) is 11.3 Å². The largest absolute Gasteiger partial charge is 0.496 e. The standard InChI is InChI=1S/C13H17NO3/c1-9(14-7-10(8-14)13(15)16)11-5-3-4-6-12(11)17-2/h3-6,9-10H,7-8H2,1-2H3,(H,15,16). The van der Waals surface area contributed by atoms with E-state index >= 15 is 0 Å². The summed E-state index contributed by atoms with van der Waals surface area (Å²) in [6.45, 7) is 3.32. The zero-order valence-electron chi connectivity index (χ0n) is 10.1. The highest BCUT2D eigenvalue weighted by atomic mass is 16.5. The summed E-state index contributed by atoms with van der Waals surface area (Å²) in [6, 6.07) is 8.06. The second-order valence-corrected chi connectivity index (χ2v) is 4.41. The number of para-hydroxylation sites is 1. The van der Waals surface area contributed by atoms with Gasteiger partial charge in [0.15, 0.2) is 0 Å². The third kappa shape index (κ3) is 2.26. The number of methoxy groups -OCH3 is 1. The van der Waals surface area contributed by atoms with E-state index in [9.17, 15) is 4.79 Å². The molecule has 1 unspecified atom stereocenters. The van der Waals surface area contributed by atoms with E-state index in [0.29, 0.717) is 13.1 Å². The van der Waals surface area contributed by atoms with Crippen molar-refractivity contribution < 1.29 is 14.6 Å². The smallest absolute Gasteiger partial charge is 0.309 e. The summed E-state index contributed by atoms with van der Waals surface area (Å²) in [5.74, 6) is -0.0561. The van der Waals surface area contributed by atoms with Crippen molar-refractivity contribution in [2.75, 3.05) is 20.2 Å². The van der Waals surface area contributed by atoms with Crippen LogP contribution in [0.5, 0.6) is 5.75 Å². The highest BCUT2D eigenvalue weighted by molar-refractivity contribution is 5.71. The van der Waals surface area contributed by atoms with Gasteiger partial charge in [-0.15, -0.1) is 0 Å². The van der Waals surface area contributed by atoms with Crippen molar-refractivity contribution in [3.8, 4) is 5.75 Å². The van der Waals surface area contributed by atoms with Crippen LogP contribution in [0.3, 0.4) is 0 Å². The summed E-state index contributed by atoms with van der Waals surface area (Å²) in [5, 5.41) is 8.85. The summed E-state index contributed by atoms with van der Waals surface area (Å²) in [4.78, 5) is 12.9. The summed E-state index contributed by atoms with van der Waals surface area (Å²) in [6.07, 6.45) is 0. The van der Waals surface area contributed by atoms with E-state index in [2.05, 4.69) is 11.8 Å². The number of likely N-dealkylation sites (tertiary alicyclic amines) is 1. The minimum atomic E-state index is -0.700. The van der Waals surface area contributed by atoms with Gasteiger partial charge in [0.2, 0.25) is 0 Å². The second kappa shape index (κ2) is 4.75. The lowest BCUT2D eigenvalue weighted by molar-refractivity contribution is -0.148. The van der Waals surface area contributed by atoms with Crippen LogP contribution in [0.1, 0.15) is 18.5 Å². The Balaban J connectivity index is 2.06. The zero-order valence-corrected chi connectivity index (χ0v) is 10.1. The Morgan fingerprint density at radius 1 is 1.47 bits per heavy atom. The van der Waals surface area contributed by atoms with Gasteiger partial charge in [-0.05, 0) is 13.0 Å². The van der Waals surface area contributed by atoms with Crippen LogP contribution in [-0.2, 0) is 4.79 Å². The molecule has 0 radical (unpaired) electrons. The second-order valence-electron chi connectivity index (χ2n) is 4.41. The third-order valence-corrected chi connectivity index (χ3v) is 3.40. The summed E-state index contributed by atoms with van der Waals surface area (Å²) in [5.41, 5.74) is 1.11. The molecule has 17 heavy (non-hydrogen) atoms. The maximum Gasteiger partial charge on any atom is 0.309 e. The minimum Gasteiger partial charge on any atom is -0.496 e. The van der Waals surface area contributed by atoms with Crippen molar-refractivity contribution in [3.05, 3.63) is 29.8 Å². The number of ether oxygens (including phenoxy) is 1. The van der Waals surface area contributed by atoms with Crippen LogP contribution in [0.4, 0.5) is 0 Å². The molecule has 1 heterocycles. The molecule has 0 aromatic heterocycles. The summed E-state index contributed by atoms with van der Waals surface area (Å²) >= 11 is 0. The van der Waals surface area contributed by atoms with Crippen LogP contribution in [0.2, 0.25) is 0 Å². The van der Waals surface area contributed by atoms with Crippen LogP contribution >= 0.6 is 0 Å². The SMILES string of the molecule is COc1ccccc1C(C)N1CC(C(=O)O)C1. The molecule has 0 bridgehead atoms. The Kier molecular flexibility index (Phi) is 3.33. The van der Waals surface area contributed by atoms with Crippen LogP contribution in [-0.4, -0.2) is 36.2 Å². The van der Waals surface area contributed by atoms with E-state index in [-0.39, 0.29) is 12.0 Å². The molecule has 4 nitrogen and oxygen atoms in total. The Labute approximate surface area is 101 Å². The number of carboxylic acid groups (broad SMARTS) is 1. The fourth-order valence-corrected chi connectivity index (χ4v) is 2.19. The molecule has 4 heteroatoms. The molecule has 1 aromatic carbocycles. The van der Waals surface area contributed by atoms with Gasteiger partial charge < -0.3 is 9.84 Å². The predicted octanol–water partition coefficient (Wildman–Crippen LogP) is 1.77. The number of hydrogen-bond donors (Lipinski definition) is 1. The Morgan fingerprint density at radius 2 is 2.12 bits per heavy atom. The van der Waals surface area contributed by atoms with E-state index in [1.165, 1.54) is 0 Å². The van der Waals surface area contributed by atoms with Crippen LogP contribution < -0.4 is 4.74 Å². The Hall–Kier alpha value is -1.55. The van der Waals surface area contributed by atoms with Gasteiger partial charge in [-0.3, -0.25) is 9.69 Å². The van der Waals surface area contributed by atoms with Crippen molar-refractivity contribution in [2.45, 2.75) is 13.0 Å². The molecule has 0 aliphatic carbocycles. The first-order valence-electron chi connectivity index (χ1n) is 5.73. The zero-order chi connectivity index (χ0) is 12.4. The fourth-order valence-electron chi connectivity index (χ4n) is 2.19. The lowest BCUT2D eigenvalue weighted by Gasteiger charge is -2.41. The van der Waals surface area contributed by atoms with E-state index < -0.39 is 5.97 Å². The molecule has 1 atom stereocenters. The minimum absolute atomic E-state index is 0.196. The number of carbonyl (C=O) groups is 1. The topological polar surface area (TPSA) is 49.8 Å². The summed E-state index contributed by atoms with van der Waals surface area (Å²) in [7, 11) is 1.65. The molecule has 2 rings (SSSR count).